The second-order valence-electron chi connectivity index (χ2n) is 3.39. The van der Waals surface area contributed by atoms with Gasteiger partial charge in [0.15, 0.2) is 0 Å². The molecule has 0 aliphatic carbocycles. The maximum atomic E-state index is 13.8. The van der Waals surface area contributed by atoms with Crippen LogP contribution >= 0.6 is 0 Å². The first-order valence-electron chi connectivity index (χ1n) is 4.41. The summed E-state index contributed by atoms with van der Waals surface area (Å²) in [6, 6.07) is 3.32. The molecule has 0 unspecified atom stereocenters. The van der Waals surface area contributed by atoms with Gasteiger partial charge >= 0.3 is 79.5 Å². The third kappa shape index (κ3) is 1.19. The zero-order valence-corrected chi connectivity index (χ0v) is 7.82. The van der Waals surface area contributed by atoms with Crippen molar-refractivity contribution < 1.29 is 8.78 Å². The average molecular weight is 204 g/mol. The Labute approximate surface area is 87.7 Å². The molecule has 3 heterocycles. The Morgan fingerprint density at radius 3 is 3.00 bits per heavy atom. The maximum absolute atomic E-state index is 13.8. The van der Waals surface area contributed by atoms with Gasteiger partial charge in [0.25, 0.3) is 0 Å². The molecule has 2 aliphatic rings. The molecule has 0 amide bonds. The predicted octanol–water partition coefficient (Wildman–Crippen LogP) is 1.21. The minimum Gasteiger partial charge on any atom is 0 e. The van der Waals surface area contributed by atoms with Crippen molar-refractivity contribution in [1.82, 2.24) is 9.47 Å². The quantitative estimate of drug-likeness (QED) is 0.455. The van der Waals surface area contributed by atoms with Crippen LogP contribution in [0.4, 0.5) is 8.78 Å². The second kappa shape index (κ2) is 3.05. The Kier molecular flexibility index (Phi) is 2.06. The molecule has 0 atom stereocenters. The van der Waals surface area contributed by atoms with E-state index < -0.39 is 6.17 Å². The Bertz CT molecular complexity index is 448. The Balaban J connectivity index is 0.000000853. The summed E-state index contributed by atoms with van der Waals surface area (Å²) in [4.78, 5) is 1.08. The van der Waals surface area contributed by atoms with Gasteiger partial charge in [0, 0.05) is 7.43 Å². The Morgan fingerprint density at radius 1 is 1.40 bits per heavy atom. The molecule has 1 aromatic rings. The van der Waals surface area contributed by atoms with Crippen molar-refractivity contribution >= 4 is 19.0 Å². The van der Waals surface area contributed by atoms with E-state index in [1.54, 1.807) is 31.1 Å². The fourth-order valence-electron chi connectivity index (χ4n) is 1.90. The van der Waals surface area contributed by atoms with Gasteiger partial charge in [-0.05, 0) is 0 Å². The Morgan fingerprint density at radius 2 is 2.20 bits per heavy atom. The van der Waals surface area contributed by atoms with E-state index in [1.165, 1.54) is 6.20 Å². The summed E-state index contributed by atoms with van der Waals surface area (Å²) in [5, 5.41) is 0. The molecule has 0 spiro atoms. The van der Waals surface area contributed by atoms with E-state index in [2.05, 4.69) is 0 Å². The largest absolute Gasteiger partial charge is 0 e. The SMILES string of the molecule is FC1(F)N2CC=BC2=Cc2cccn21.[C]. The Hall–Kier alpha value is -1.39. The molecule has 5 heteroatoms. The van der Waals surface area contributed by atoms with Gasteiger partial charge in [-0.1, -0.05) is 0 Å². The van der Waals surface area contributed by atoms with Crippen LogP contribution in [0, 0.1) is 7.43 Å². The van der Waals surface area contributed by atoms with E-state index in [1.807, 2.05) is 0 Å². The van der Waals surface area contributed by atoms with Crippen molar-refractivity contribution in [3.8, 4) is 0 Å². The molecule has 0 N–H and O–H groups in total. The molecule has 15 heavy (non-hydrogen) atoms. The molecule has 0 fully saturated rings. The summed E-state index contributed by atoms with van der Waals surface area (Å²) in [5.74, 6) is 1.74. The first kappa shape index (κ1) is 10.1. The van der Waals surface area contributed by atoms with Crippen LogP contribution in [0.1, 0.15) is 5.69 Å². The molecule has 2 aliphatic heterocycles. The smallest absolute Gasteiger partial charge is 0 e. The van der Waals surface area contributed by atoms with E-state index in [-0.39, 0.29) is 14.0 Å². The van der Waals surface area contributed by atoms with Crippen molar-refractivity contribution in [3.63, 3.8) is 0 Å². The summed E-state index contributed by atoms with van der Waals surface area (Å²) >= 11 is 0. The fraction of sp³-hybridized carbons (Fsp3) is 0.200. The van der Waals surface area contributed by atoms with E-state index in [0.717, 1.165) is 9.47 Å². The molecule has 0 bridgehead atoms. The van der Waals surface area contributed by atoms with Crippen LogP contribution in [0.2, 0.25) is 0 Å². The molecule has 2 nitrogen and oxygen atoms in total. The van der Waals surface area contributed by atoms with Crippen LogP contribution < -0.4 is 0 Å². The number of rotatable bonds is 0. The molecule has 0 aromatic carbocycles. The number of hydrogen-bond donors (Lipinski definition) is 0. The summed E-state index contributed by atoms with van der Waals surface area (Å²) in [7, 11) is 0. The van der Waals surface area contributed by atoms with Crippen molar-refractivity contribution in [2.75, 3.05) is 6.54 Å². The first-order valence-corrected chi connectivity index (χ1v) is 4.41. The number of fused-ring (bicyclic) bond motifs is 2. The number of halogens is 2. The van der Waals surface area contributed by atoms with Crippen LogP contribution in [0.15, 0.2) is 23.9 Å². The minimum atomic E-state index is -2.94. The monoisotopic (exact) mass is 204 g/mol. The summed E-state index contributed by atoms with van der Waals surface area (Å²) in [5.41, 5.74) is 1.13. The molecule has 74 valence electrons. The van der Waals surface area contributed by atoms with Crippen molar-refractivity contribution in [2.45, 2.75) is 6.17 Å². The zero-order chi connectivity index (χ0) is 9.76. The van der Waals surface area contributed by atoms with Crippen LogP contribution in [0.25, 0.3) is 6.08 Å². The molecule has 1 aromatic heterocycles. The van der Waals surface area contributed by atoms with Gasteiger partial charge in [-0.15, -0.1) is 0 Å². The van der Waals surface area contributed by atoms with Crippen molar-refractivity contribution in [2.24, 2.45) is 0 Å². The van der Waals surface area contributed by atoms with Gasteiger partial charge < -0.3 is 0 Å². The average Bonchev–Trinajstić information content (AvgIpc) is 2.71. The summed E-state index contributed by atoms with van der Waals surface area (Å²) in [6.45, 7) is 2.00. The fourth-order valence-corrected chi connectivity index (χ4v) is 1.90. The van der Waals surface area contributed by atoms with Gasteiger partial charge in [0.2, 0.25) is 0 Å². The molecule has 0 saturated heterocycles. The number of alkyl halides is 2. The van der Waals surface area contributed by atoms with Crippen LogP contribution in [0.3, 0.4) is 0 Å². The van der Waals surface area contributed by atoms with E-state index in [0.29, 0.717) is 11.3 Å². The third-order valence-electron chi connectivity index (χ3n) is 2.58. The number of aromatic nitrogens is 1. The van der Waals surface area contributed by atoms with Crippen molar-refractivity contribution in [1.29, 1.82) is 0 Å². The normalized spacial score (nSPS) is 19.9. The summed E-state index contributed by atoms with van der Waals surface area (Å²) < 4.78 is 28.6. The molecule has 3 rings (SSSR count). The minimum absolute atomic E-state index is 0. The van der Waals surface area contributed by atoms with E-state index in [4.69, 9.17) is 0 Å². The number of nitrogens with zero attached hydrogens (tertiary/aromatic N) is 2. The first-order chi connectivity index (χ1) is 6.69. The molecule has 4 radical (unpaired) electrons. The molecule has 0 saturated carbocycles. The zero-order valence-electron chi connectivity index (χ0n) is 7.82. The van der Waals surface area contributed by atoms with Gasteiger partial charge in [-0.25, -0.2) is 0 Å². The van der Waals surface area contributed by atoms with Crippen molar-refractivity contribution in [3.05, 3.63) is 37.0 Å². The standard InChI is InChI=1S/C9H7BF2N2.C/c11-9(12)13-4-1-2-7(13)6-8-10-3-5-14(8)9;/h1-4,6H,5H2;. The van der Waals surface area contributed by atoms with Crippen LogP contribution in [0.5, 0.6) is 0 Å². The molecular weight excluding hydrogens is 197 g/mol. The third-order valence-corrected chi connectivity index (χ3v) is 2.58. The van der Waals surface area contributed by atoms with E-state index >= 15 is 0 Å². The summed E-state index contributed by atoms with van der Waals surface area (Å²) in [6.07, 6.45) is 0.230. The molecular formula is C10H7BF2N2. The van der Waals surface area contributed by atoms with Gasteiger partial charge in [0.1, 0.15) is 0 Å². The van der Waals surface area contributed by atoms with E-state index in [9.17, 15) is 8.78 Å². The number of hydrogen-bond acceptors (Lipinski definition) is 1. The maximum Gasteiger partial charge on any atom is 0 e. The van der Waals surface area contributed by atoms with Crippen LogP contribution in [-0.4, -0.2) is 28.9 Å². The topological polar surface area (TPSA) is 8.17 Å². The van der Waals surface area contributed by atoms with Crippen LogP contribution in [-0.2, 0) is 6.17 Å². The predicted molar refractivity (Wildman–Crippen MR) is 54.4 cm³/mol. The van der Waals surface area contributed by atoms with Gasteiger partial charge in [0.05, 0.1) is 0 Å². The van der Waals surface area contributed by atoms with Gasteiger partial charge in [-0.3, -0.25) is 0 Å². The second-order valence-corrected chi connectivity index (χ2v) is 3.39. The van der Waals surface area contributed by atoms with Gasteiger partial charge in [-0.2, -0.15) is 0 Å².